The van der Waals surface area contributed by atoms with E-state index in [1.165, 1.54) is 12.8 Å². The standard InChI is InChI=1S/C13H23N3O/c14-10-4-6-13(7-5-10)9-15-12(17)11-3-1-2-8-16(11)13/h10-11H,1-9,14H2,(H,15,17). The average molecular weight is 237 g/mol. The third kappa shape index (κ3) is 1.87. The van der Waals surface area contributed by atoms with E-state index in [2.05, 4.69) is 10.2 Å². The molecule has 1 unspecified atom stereocenters. The number of piperazine rings is 1. The molecule has 2 heterocycles. The first-order chi connectivity index (χ1) is 8.21. The van der Waals surface area contributed by atoms with Crippen molar-refractivity contribution in [3.05, 3.63) is 0 Å². The minimum absolute atomic E-state index is 0.145. The van der Waals surface area contributed by atoms with Crippen LogP contribution in [-0.4, -0.2) is 41.5 Å². The first kappa shape index (κ1) is 11.5. The molecular weight excluding hydrogens is 214 g/mol. The van der Waals surface area contributed by atoms with E-state index in [0.29, 0.717) is 6.04 Å². The molecule has 1 aliphatic carbocycles. The highest BCUT2D eigenvalue weighted by Gasteiger charge is 2.48. The van der Waals surface area contributed by atoms with Crippen molar-refractivity contribution in [2.75, 3.05) is 13.1 Å². The minimum Gasteiger partial charge on any atom is -0.353 e. The topological polar surface area (TPSA) is 58.4 Å². The molecule has 1 atom stereocenters. The van der Waals surface area contributed by atoms with E-state index in [4.69, 9.17) is 5.73 Å². The van der Waals surface area contributed by atoms with Crippen molar-refractivity contribution < 1.29 is 4.79 Å². The normalized spacial score (nSPS) is 43.2. The van der Waals surface area contributed by atoms with Crippen molar-refractivity contribution in [1.29, 1.82) is 0 Å². The fraction of sp³-hybridized carbons (Fsp3) is 0.923. The third-order valence-corrected chi connectivity index (χ3v) is 4.97. The molecule has 2 aliphatic heterocycles. The fourth-order valence-electron chi connectivity index (χ4n) is 3.88. The van der Waals surface area contributed by atoms with Crippen LogP contribution in [0.5, 0.6) is 0 Å². The number of amides is 1. The molecule has 1 spiro atoms. The van der Waals surface area contributed by atoms with Crippen LogP contribution in [0.25, 0.3) is 0 Å². The number of nitrogens with two attached hydrogens (primary N) is 1. The number of nitrogens with zero attached hydrogens (tertiary/aromatic N) is 1. The smallest absolute Gasteiger partial charge is 0.237 e. The molecule has 3 rings (SSSR count). The van der Waals surface area contributed by atoms with Gasteiger partial charge in [-0.2, -0.15) is 0 Å². The molecule has 3 N–H and O–H groups in total. The summed E-state index contributed by atoms with van der Waals surface area (Å²) >= 11 is 0. The molecule has 17 heavy (non-hydrogen) atoms. The number of piperidine rings is 1. The second-order valence-electron chi connectivity index (χ2n) is 5.98. The lowest BCUT2D eigenvalue weighted by molar-refractivity contribution is -0.140. The van der Waals surface area contributed by atoms with Gasteiger partial charge in [-0.1, -0.05) is 6.42 Å². The maximum atomic E-state index is 11.9. The number of fused-ring (bicyclic) bond motifs is 2. The van der Waals surface area contributed by atoms with E-state index < -0.39 is 0 Å². The predicted octanol–water partition coefficient (Wildman–Crippen LogP) is 0.611. The predicted molar refractivity (Wildman–Crippen MR) is 66.5 cm³/mol. The van der Waals surface area contributed by atoms with Gasteiger partial charge in [0.25, 0.3) is 0 Å². The highest BCUT2D eigenvalue weighted by molar-refractivity contribution is 5.83. The summed E-state index contributed by atoms with van der Waals surface area (Å²) in [5.74, 6) is 0.255. The van der Waals surface area contributed by atoms with Crippen molar-refractivity contribution in [3.8, 4) is 0 Å². The van der Waals surface area contributed by atoms with Crippen LogP contribution >= 0.6 is 0 Å². The zero-order chi connectivity index (χ0) is 11.9. The summed E-state index contributed by atoms with van der Waals surface area (Å²) in [4.78, 5) is 14.5. The van der Waals surface area contributed by atoms with Gasteiger partial charge in [-0.05, 0) is 45.1 Å². The molecule has 0 radical (unpaired) electrons. The number of hydrogen-bond acceptors (Lipinski definition) is 3. The average Bonchev–Trinajstić information content (AvgIpc) is 2.38. The SMILES string of the molecule is NC1CCC2(CC1)CNC(=O)C1CCCCN12. The number of carbonyl (C=O) groups is 1. The van der Waals surface area contributed by atoms with E-state index in [9.17, 15) is 4.79 Å². The monoisotopic (exact) mass is 237 g/mol. The van der Waals surface area contributed by atoms with Crippen molar-refractivity contribution >= 4 is 5.91 Å². The van der Waals surface area contributed by atoms with Crippen LogP contribution < -0.4 is 11.1 Å². The Kier molecular flexibility index (Phi) is 2.87. The fourth-order valence-corrected chi connectivity index (χ4v) is 3.88. The second kappa shape index (κ2) is 4.25. The van der Waals surface area contributed by atoms with Gasteiger partial charge in [-0.3, -0.25) is 9.69 Å². The quantitative estimate of drug-likeness (QED) is 0.649. The highest BCUT2D eigenvalue weighted by Crippen LogP contribution is 2.38. The zero-order valence-corrected chi connectivity index (χ0v) is 10.5. The van der Waals surface area contributed by atoms with Crippen LogP contribution in [0.15, 0.2) is 0 Å². The molecule has 3 aliphatic rings. The van der Waals surface area contributed by atoms with Gasteiger partial charge in [0.15, 0.2) is 0 Å². The Morgan fingerprint density at radius 3 is 2.76 bits per heavy atom. The molecule has 96 valence electrons. The molecule has 0 aromatic heterocycles. The van der Waals surface area contributed by atoms with Gasteiger partial charge >= 0.3 is 0 Å². The Morgan fingerprint density at radius 2 is 2.00 bits per heavy atom. The summed E-state index contributed by atoms with van der Waals surface area (Å²) < 4.78 is 0. The number of nitrogens with one attached hydrogen (secondary N) is 1. The first-order valence-electron chi connectivity index (χ1n) is 7.01. The Morgan fingerprint density at radius 1 is 1.24 bits per heavy atom. The van der Waals surface area contributed by atoms with E-state index in [1.807, 2.05) is 0 Å². The van der Waals surface area contributed by atoms with E-state index in [-0.39, 0.29) is 17.5 Å². The summed E-state index contributed by atoms with van der Waals surface area (Å²) in [6, 6.07) is 0.522. The largest absolute Gasteiger partial charge is 0.353 e. The van der Waals surface area contributed by atoms with Gasteiger partial charge < -0.3 is 11.1 Å². The molecule has 4 heteroatoms. The summed E-state index contributed by atoms with van der Waals surface area (Å²) in [5, 5.41) is 3.14. The van der Waals surface area contributed by atoms with Crippen molar-refractivity contribution in [2.45, 2.75) is 62.6 Å². The third-order valence-electron chi connectivity index (χ3n) is 4.97. The molecule has 1 amide bonds. The Labute approximate surface area is 103 Å². The molecule has 3 fully saturated rings. The Bertz CT molecular complexity index is 310. The Balaban J connectivity index is 1.82. The van der Waals surface area contributed by atoms with Crippen molar-refractivity contribution in [2.24, 2.45) is 5.73 Å². The lowest BCUT2D eigenvalue weighted by atomic mass is 9.75. The molecule has 0 bridgehead atoms. The van der Waals surface area contributed by atoms with Gasteiger partial charge in [-0.25, -0.2) is 0 Å². The molecule has 0 aromatic rings. The number of hydrogen-bond donors (Lipinski definition) is 2. The lowest BCUT2D eigenvalue weighted by Crippen LogP contribution is -2.70. The summed E-state index contributed by atoms with van der Waals surface area (Å²) in [6.45, 7) is 1.95. The van der Waals surface area contributed by atoms with Crippen LogP contribution in [-0.2, 0) is 4.79 Å². The maximum Gasteiger partial charge on any atom is 0.237 e. The maximum absolute atomic E-state index is 11.9. The molecule has 4 nitrogen and oxygen atoms in total. The lowest BCUT2D eigenvalue weighted by Gasteiger charge is -2.55. The van der Waals surface area contributed by atoms with Crippen LogP contribution in [0.1, 0.15) is 44.9 Å². The Hall–Kier alpha value is -0.610. The van der Waals surface area contributed by atoms with Gasteiger partial charge in [0.05, 0.1) is 6.04 Å². The summed E-state index contributed by atoms with van der Waals surface area (Å²) in [5.41, 5.74) is 6.25. The van der Waals surface area contributed by atoms with Crippen LogP contribution in [0.4, 0.5) is 0 Å². The number of rotatable bonds is 0. The summed E-state index contributed by atoms with van der Waals surface area (Å²) in [6.07, 6.45) is 8.02. The number of carbonyl (C=O) groups excluding carboxylic acids is 1. The van der Waals surface area contributed by atoms with Crippen LogP contribution in [0, 0.1) is 0 Å². The molecule has 1 saturated carbocycles. The van der Waals surface area contributed by atoms with Crippen LogP contribution in [0.3, 0.4) is 0 Å². The van der Waals surface area contributed by atoms with Crippen molar-refractivity contribution in [1.82, 2.24) is 10.2 Å². The van der Waals surface area contributed by atoms with Gasteiger partial charge in [0.2, 0.25) is 5.91 Å². The molecule has 2 saturated heterocycles. The molecular formula is C13H23N3O. The molecule has 0 aromatic carbocycles. The minimum atomic E-state index is 0.145. The van der Waals surface area contributed by atoms with E-state index in [1.54, 1.807) is 0 Å². The van der Waals surface area contributed by atoms with E-state index in [0.717, 1.165) is 45.2 Å². The van der Waals surface area contributed by atoms with E-state index >= 15 is 0 Å². The van der Waals surface area contributed by atoms with Gasteiger partial charge in [0.1, 0.15) is 0 Å². The van der Waals surface area contributed by atoms with Gasteiger partial charge in [-0.15, -0.1) is 0 Å². The second-order valence-corrected chi connectivity index (χ2v) is 5.98. The van der Waals surface area contributed by atoms with Crippen LogP contribution in [0.2, 0.25) is 0 Å². The summed E-state index contributed by atoms with van der Waals surface area (Å²) in [7, 11) is 0. The first-order valence-corrected chi connectivity index (χ1v) is 7.01. The highest BCUT2D eigenvalue weighted by atomic mass is 16.2. The van der Waals surface area contributed by atoms with Crippen molar-refractivity contribution in [3.63, 3.8) is 0 Å². The van der Waals surface area contributed by atoms with Gasteiger partial charge in [0, 0.05) is 18.1 Å². The zero-order valence-electron chi connectivity index (χ0n) is 10.5.